The quantitative estimate of drug-likeness (QED) is 0.923. The number of rotatable bonds is 3. The van der Waals surface area contributed by atoms with Gasteiger partial charge in [0, 0.05) is 18.9 Å². The van der Waals surface area contributed by atoms with Crippen LogP contribution in [0.1, 0.15) is 24.1 Å². The van der Waals surface area contributed by atoms with Crippen molar-refractivity contribution in [1.82, 2.24) is 9.38 Å². The molecule has 0 radical (unpaired) electrons. The zero-order valence-corrected chi connectivity index (χ0v) is 11.3. The largest absolute Gasteiger partial charge is 0.326 e. The van der Waals surface area contributed by atoms with Gasteiger partial charge in [0.2, 0.25) is 0 Å². The van der Waals surface area contributed by atoms with Gasteiger partial charge in [-0.1, -0.05) is 6.07 Å². The fraction of sp³-hybridized carbons (Fsp3) is 0.500. The van der Waals surface area contributed by atoms with Crippen LogP contribution < -0.4 is 5.73 Å². The number of hydrogen-bond acceptors (Lipinski definition) is 3. The summed E-state index contributed by atoms with van der Waals surface area (Å²) in [6.45, 7) is 0.586. The van der Waals surface area contributed by atoms with E-state index >= 15 is 0 Å². The topological polar surface area (TPSA) is 43.3 Å². The first-order valence-corrected chi connectivity index (χ1v) is 7.75. The van der Waals surface area contributed by atoms with E-state index in [-0.39, 0.29) is 0 Å². The lowest BCUT2D eigenvalue weighted by atomic mass is 10.00. The van der Waals surface area contributed by atoms with Crippen molar-refractivity contribution < 1.29 is 0 Å². The van der Waals surface area contributed by atoms with Gasteiger partial charge in [-0.05, 0) is 48.3 Å². The lowest BCUT2D eigenvalue weighted by Crippen LogP contribution is -2.13. The Hall–Kier alpha value is -1.00. The van der Waals surface area contributed by atoms with E-state index in [2.05, 4.69) is 40.7 Å². The number of thioether (sulfide) groups is 1. The maximum atomic E-state index is 5.66. The van der Waals surface area contributed by atoms with E-state index in [4.69, 9.17) is 10.7 Å². The van der Waals surface area contributed by atoms with Crippen molar-refractivity contribution in [3.8, 4) is 0 Å². The number of hydrogen-bond donors (Lipinski definition) is 1. The molecule has 2 N–H and O–H groups in total. The molecule has 0 aliphatic carbocycles. The molecule has 0 spiro atoms. The molecule has 1 atom stereocenters. The molecule has 1 fully saturated rings. The number of fused-ring (bicyclic) bond motifs is 1. The molecule has 0 aromatic carbocycles. The standard InChI is InChI=1S/C14H19N3S/c15-7-12-3-4-14-16-13(9-17(14)8-12)6-11-2-1-5-18-10-11/h3-4,8-9,11H,1-2,5-7,10,15H2. The number of nitrogens with zero attached hydrogens (tertiary/aromatic N) is 2. The second-order valence-electron chi connectivity index (χ2n) is 5.03. The van der Waals surface area contributed by atoms with Gasteiger partial charge in [0.15, 0.2) is 0 Å². The second-order valence-corrected chi connectivity index (χ2v) is 6.18. The average Bonchev–Trinajstić information content (AvgIpc) is 2.80. The molecule has 3 nitrogen and oxygen atoms in total. The lowest BCUT2D eigenvalue weighted by Gasteiger charge is -2.19. The summed E-state index contributed by atoms with van der Waals surface area (Å²) in [6.07, 6.45) is 8.08. The predicted octanol–water partition coefficient (Wildman–Crippen LogP) is 2.48. The van der Waals surface area contributed by atoms with Gasteiger partial charge < -0.3 is 10.1 Å². The highest BCUT2D eigenvalue weighted by Gasteiger charge is 2.15. The van der Waals surface area contributed by atoms with E-state index in [0.717, 1.165) is 23.5 Å². The molecule has 1 aliphatic rings. The summed E-state index contributed by atoms with van der Waals surface area (Å²) in [5, 5.41) is 0. The summed E-state index contributed by atoms with van der Waals surface area (Å²) < 4.78 is 2.10. The zero-order chi connectivity index (χ0) is 12.4. The van der Waals surface area contributed by atoms with Crippen LogP contribution in [0.2, 0.25) is 0 Å². The minimum Gasteiger partial charge on any atom is -0.326 e. The molecular weight excluding hydrogens is 242 g/mol. The summed E-state index contributed by atoms with van der Waals surface area (Å²) in [5.74, 6) is 3.44. The van der Waals surface area contributed by atoms with E-state index in [1.807, 2.05) is 0 Å². The Bertz CT molecular complexity index is 529. The highest BCUT2D eigenvalue weighted by molar-refractivity contribution is 7.99. The molecule has 0 amide bonds. The van der Waals surface area contributed by atoms with Gasteiger partial charge in [0.25, 0.3) is 0 Å². The van der Waals surface area contributed by atoms with Crippen LogP contribution in [0.3, 0.4) is 0 Å². The number of imidazole rings is 1. The number of nitrogens with two attached hydrogens (primary N) is 1. The number of aromatic nitrogens is 2. The van der Waals surface area contributed by atoms with Gasteiger partial charge >= 0.3 is 0 Å². The minimum atomic E-state index is 0.586. The van der Waals surface area contributed by atoms with Crippen molar-refractivity contribution >= 4 is 17.4 Å². The SMILES string of the molecule is NCc1ccc2nc(CC3CCCSC3)cn2c1. The Morgan fingerprint density at radius 1 is 1.39 bits per heavy atom. The van der Waals surface area contributed by atoms with Crippen molar-refractivity contribution in [2.24, 2.45) is 11.7 Å². The molecule has 2 aromatic rings. The van der Waals surface area contributed by atoms with Crippen molar-refractivity contribution in [1.29, 1.82) is 0 Å². The summed E-state index contributed by atoms with van der Waals surface area (Å²) >= 11 is 2.08. The highest BCUT2D eigenvalue weighted by Crippen LogP contribution is 2.25. The van der Waals surface area contributed by atoms with Crippen LogP contribution in [-0.4, -0.2) is 20.9 Å². The van der Waals surface area contributed by atoms with Crippen LogP contribution in [-0.2, 0) is 13.0 Å². The second kappa shape index (κ2) is 5.33. The minimum absolute atomic E-state index is 0.586. The van der Waals surface area contributed by atoms with E-state index < -0.39 is 0 Å². The molecule has 1 aliphatic heterocycles. The maximum absolute atomic E-state index is 5.66. The van der Waals surface area contributed by atoms with Gasteiger partial charge in [0.05, 0.1) is 5.69 Å². The average molecular weight is 261 g/mol. The first-order valence-electron chi connectivity index (χ1n) is 6.59. The molecule has 2 aromatic heterocycles. The summed E-state index contributed by atoms with van der Waals surface area (Å²) in [7, 11) is 0. The van der Waals surface area contributed by atoms with E-state index in [0.29, 0.717) is 6.54 Å². The lowest BCUT2D eigenvalue weighted by molar-refractivity contribution is 0.516. The third-order valence-corrected chi connectivity index (χ3v) is 4.83. The third kappa shape index (κ3) is 2.54. The fourth-order valence-electron chi connectivity index (χ4n) is 2.57. The first-order chi connectivity index (χ1) is 8.85. The van der Waals surface area contributed by atoms with Crippen LogP contribution >= 0.6 is 11.8 Å². The normalized spacial score (nSPS) is 20.4. The van der Waals surface area contributed by atoms with Crippen molar-refractivity contribution in [3.63, 3.8) is 0 Å². The fourth-order valence-corrected chi connectivity index (χ4v) is 3.73. The molecule has 18 heavy (non-hydrogen) atoms. The van der Waals surface area contributed by atoms with Gasteiger partial charge in [-0.3, -0.25) is 0 Å². The van der Waals surface area contributed by atoms with E-state index in [1.54, 1.807) is 0 Å². The van der Waals surface area contributed by atoms with E-state index in [9.17, 15) is 0 Å². The molecule has 0 saturated carbocycles. The number of pyridine rings is 1. The predicted molar refractivity (Wildman–Crippen MR) is 76.8 cm³/mol. The Labute approximate surface area is 112 Å². The first kappa shape index (κ1) is 12.1. The third-order valence-electron chi connectivity index (χ3n) is 3.55. The molecule has 96 valence electrons. The Morgan fingerprint density at radius 2 is 2.33 bits per heavy atom. The Kier molecular flexibility index (Phi) is 3.57. The van der Waals surface area contributed by atoms with Crippen molar-refractivity contribution in [2.45, 2.75) is 25.8 Å². The van der Waals surface area contributed by atoms with Gasteiger partial charge in [0.1, 0.15) is 5.65 Å². The van der Waals surface area contributed by atoms with Gasteiger partial charge in [-0.25, -0.2) is 4.98 Å². The highest BCUT2D eigenvalue weighted by atomic mass is 32.2. The van der Waals surface area contributed by atoms with Crippen LogP contribution in [0, 0.1) is 5.92 Å². The van der Waals surface area contributed by atoms with Gasteiger partial charge in [-0.15, -0.1) is 0 Å². The molecule has 1 unspecified atom stereocenters. The maximum Gasteiger partial charge on any atom is 0.136 e. The molecule has 3 rings (SSSR count). The molecule has 3 heterocycles. The van der Waals surface area contributed by atoms with Crippen LogP contribution in [0.5, 0.6) is 0 Å². The Balaban J connectivity index is 1.79. The molecule has 1 saturated heterocycles. The van der Waals surface area contributed by atoms with Crippen LogP contribution in [0.15, 0.2) is 24.5 Å². The molecule has 0 bridgehead atoms. The zero-order valence-electron chi connectivity index (χ0n) is 10.5. The summed E-state index contributed by atoms with van der Waals surface area (Å²) in [6, 6.07) is 4.11. The summed E-state index contributed by atoms with van der Waals surface area (Å²) in [4.78, 5) is 4.70. The van der Waals surface area contributed by atoms with E-state index in [1.165, 1.54) is 30.0 Å². The van der Waals surface area contributed by atoms with Crippen molar-refractivity contribution in [2.75, 3.05) is 11.5 Å². The monoisotopic (exact) mass is 261 g/mol. The molecular formula is C14H19N3S. The van der Waals surface area contributed by atoms with Crippen LogP contribution in [0.25, 0.3) is 5.65 Å². The van der Waals surface area contributed by atoms with Crippen LogP contribution in [0.4, 0.5) is 0 Å². The van der Waals surface area contributed by atoms with Crippen molar-refractivity contribution in [3.05, 3.63) is 35.8 Å². The Morgan fingerprint density at radius 3 is 3.11 bits per heavy atom. The summed E-state index contributed by atoms with van der Waals surface area (Å²) in [5.41, 5.74) is 9.07. The van der Waals surface area contributed by atoms with Gasteiger partial charge in [-0.2, -0.15) is 11.8 Å². The molecule has 4 heteroatoms. The smallest absolute Gasteiger partial charge is 0.136 e.